The lowest BCUT2D eigenvalue weighted by Gasteiger charge is -2.07. The molecular formula is C18H17ClN2O4. The topological polar surface area (TPSA) is 73.5 Å². The standard InChI is InChI=1S/C18H17ClN2O4/c1-24-14-5-2-12(3-6-14)8-9-20-17(22)11-21-15-10-13(19)4-7-16(15)25-18(21)23/h2-7,10H,8-9,11H2,1H3,(H,20,22). The highest BCUT2D eigenvalue weighted by molar-refractivity contribution is 6.31. The molecule has 0 bridgehead atoms. The zero-order valence-electron chi connectivity index (χ0n) is 13.6. The third-order valence-electron chi connectivity index (χ3n) is 3.83. The molecule has 25 heavy (non-hydrogen) atoms. The number of nitrogens with one attached hydrogen (secondary N) is 1. The maximum absolute atomic E-state index is 12.1. The van der Waals surface area contributed by atoms with Gasteiger partial charge in [0.25, 0.3) is 0 Å². The Kier molecular flexibility index (Phi) is 5.09. The van der Waals surface area contributed by atoms with Crippen molar-refractivity contribution in [3.63, 3.8) is 0 Å². The molecule has 0 aliphatic heterocycles. The maximum Gasteiger partial charge on any atom is 0.420 e. The van der Waals surface area contributed by atoms with Gasteiger partial charge in [-0.2, -0.15) is 0 Å². The van der Waals surface area contributed by atoms with E-state index in [1.807, 2.05) is 24.3 Å². The van der Waals surface area contributed by atoms with Crippen molar-refractivity contribution in [1.29, 1.82) is 0 Å². The summed E-state index contributed by atoms with van der Waals surface area (Å²) in [6.45, 7) is 0.352. The van der Waals surface area contributed by atoms with E-state index in [0.717, 1.165) is 11.3 Å². The number of hydrogen-bond acceptors (Lipinski definition) is 4. The van der Waals surface area contributed by atoms with Gasteiger partial charge in [0.05, 0.1) is 12.6 Å². The van der Waals surface area contributed by atoms with Crippen molar-refractivity contribution >= 4 is 28.6 Å². The van der Waals surface area contributed by atoms with Gasteiger partial charge in [0.15, 0.2) is 5.58 Å². The van der Waals surface area contributed by atoms with E-state index in [-0.39, 0.29) is 12.5 Å². The van der Waals surface area contributed by atoms with E-state index in [1.54, 1.807) is 25.3 Å². The van der Waals surface area contributed by atoms with Crippen LogP contribution in [0.25, 0.3) is 11.1 Å². The maximum atomic E-state index is 12.1. The van der Waals surface area contributed by atoms with Crippen LogP contribution in [-0.4, -0.2) is 24.1 Å². The van der Waals surface area contributed by atoms with Crippen molar-refractivity contribution in [3.8, 4) is 5.75 Å². The molecule has 0 atom stereocenters. The van der Waals surface area contributed by atoms with Crippen molar-refractivity contribution < 1.29 is 13.9 Å². The quantitative estimate of drug-likeness (QED) is 0.733. The van der Waals surface area contributed by atoms with Crippen LogP contribution in [0.3, 0.4) is 0 Å². The molecule has 0 fully saturated rings. The van der Waals surface area contributed by atoms with Crippen LogP contribution in [0.15, 0.2) is 51.7 Å². The molecule has 0 saturated heterocycles. The van der Waals surface area contributed by atoms with E-state index in [2.05, 4.69) is 5.32 Å². The first-order chi connectivity index (χ1) is 12.1. The Morgan fingerprint density at radius 3 is 2.72 bits per heavy atom. The van der Waals surface area contributed by atoms with Crippen LogP contribution in [0.4, 0.5) is 0 Å². The van der Waals surface area contributed by atoms with Gasteiger partial charge in [-0.15, -0.1) is 0 Å². The molecule has 0 unspecified atom stereocenters. The van der Waals surface area contributed by atoms with E-state index in [1.165, 1.54) is 4.57 Å². The van der Waals surface area contributed by atoms with E-state index in [9.17, 15) is 9.59 Å². The molecule has 0 aliphatic rings. The first kappa shape index (κ1) is 17.1. The first-order valence-electron chi connectivity index (χ1n) is 7.75. The molecule has 0 aliphatic carbocycles. The number of oxazole rings is 1. The Bertz CT molecular complexity index is 944. The number of aromatic nitrogens is 1. The molecule has 0 saturated carbocycles. The number of rotatable bonds is 6. The Morgan fingerprint density at radius 1 is 1.24 bits per heavy atom. The number of benzene rings is 2. The lowest BCUT2D eigenvalue weighted by Crippen LogP contribution is -2.32. The molecule has 130 valence electrons. The number of ether oxygens (including phenoxy) is 1. The minimum absolute atomic E-state index is 0.116. The average molecular weight is 361 g/mol. The number of methoxy groups -OCH3 is 1. The zero-order valence-corrected chi connectivity index (χ0v) is 14.4. The molecule has 1 heterocycles. The molecule has 0 spiro atoms. The minimum Gasteiger partial charge on any atom is -0.497 e. The summed E-state index contributed by atoms with van der Waals surface area (Å²) in [6, 6.07) is 12.5. The molecule has 7 heteroatoms. The van der Waals surface area contributed by atoms with Gasteiger partial charge in [-0.05, 0) is 42.3 Å². The van der Waals surface area contributed by atoms with Crippen LogP contribution in [0.2, 0.25) is 5.02 Å². The molecule has 6 nitrogen and oxygen atoms in total. The Labute approximate surface area is 149 Å². The predicted octanol–water partition coefficient (Wildman–Crippen LogP) is 2.62. The first-order valence-corrected chi connectivity index (χ1v) is 8.13. The fraction of sp³-hybridized carbons (Fsp3) is 0.222. The summed E-state index contributed by atoms with van der Waals surface area (Å²) in [5.41, 5.74) is 1.99. The number of nitrogens with zero attached hydrogens (tertiary/aromatic N) is 1. The fourth-order valence-electron chi connectivity index (χ4n) is 2.52. The van der Waals surface area contributed by atoms with Crippen molar-refractivity contribution in [2.45, 2.75) is 13.0 Å². The molecule has 3 rings (SSSR count). The highest BCUT2D eigenvalue weighted by Crippen LogP contribution is 2.18. The van der Waals surface area contributed by atoms with Crippen LogP contribution in [0, 0.1) is 0 Å². The number of carbonyl (C=O) groups is 1. The van der Waals surface area contributed by atoms with Gasteiger partial charge in [-0.1, -0.05) is 23.7 Å². The zero-order chi connectivity index (χ0) is 17.8. The summed E-state index contributed by atoms with van der Waals surface area (Å²) in [4.78, 5) is 24.0. The highest BCUT2D eigenvalue weighted by atomic mass is 35.5. The normalized spacial score (nSPS) is 10.8. The highest BCUT2D eigenvalue weighted by Gasteiger charge is 2.12. The fourth-order valence-corrected chi connectivity index (χ4v) is 2.69. The van der Waals surface area contributed by atoms with Crippen molar-refractivity contribution in [1.82, 2.24) is 9.88 Å². The van der Waals surface area contributed by atoms with E-state index in [4.69, 9.17) is 20.8 Å². The largest absolute Gasteiger partial charge is 0.497 e. The molecule has 3 aromatic rings. The van der Waals surface area contributed by atoms with Crippen LogP contribution in [0.1, 0.15) is 5.56 Å². The van der Waals surface area contributed by atoms with Crippen LogP contribution >= 0.6 is 11.6 Å². The molecule has 1 aromatic heterocycles. The second kappa shape index (κ2) is 7.44. The van der Waals surface area contributed by atoms with Crippen molar-refractivity contribution in [2.24, 2.45) is 0 Å². The van der Waals surface area contributed by atoms with Gasteiger partial charge in [0.2, 0.25) is 5.91 Å². The Hall–Kier alpha value is -2.73. The SMILES string of the molecule is COc1ccc(CCNC(=O)Cn2c(=O)oc3ccc(Cl)cc32)cc1. The van der Waals surface area contributed by atoms with Gasteiger partial charge in [-0.3, -0.25) is 9.36 Å². The van der Waals surface area contributed by atoms with E-state index >= 15 is 0 Å². The summed E-state index contributed by atoms with van der Waals surface area (Å²) in [7, 11) is 1.62. The number of halogens is 1. The van der Waals surface area contributed by atoms with Gasteiger partial charge >= 0.3 is 5.76 Å². The number of amides is 1. The smallest absolute Gasteiger partial charge is 0.420 e. The van der Waals surface area contributed by atoms with E-state index in [0.29, 0.717) is 29.1 Å². The second-order valence-electron chi connectivity index (χ2n) is 5.51. The third-order valence-corrected chi connectivity index (χ3v) is 4.06. The van der Waals surface area contributed by atoms with Gasteiger partial charge in [0.1, 0.15) is 12.3 Å². The summed E-state index contributed by atoms with van der Waals surface area (Å²) >= 11 is 5.94. The van der Waals surface area contributed by atoms with E-state index < -0.39 is 5.76 Å². The molecule has 1 amide bonds. The monoisotopic (exact) mass is 360 g/mol. The van der Waals surface area contributed by atoms with Gasteiger partial charge < -0.3 is 14.5 Å². The van der Waals surface area contributed by atoms with Gasteiger partial charge in [-0.25, -0.2) is 4.79 Å². The van der Waals surface area contributed by atoms with Gasteiger partial charge in [0, 0.05) is 11.6 Å². The lowest BCUT2D eigenvalue weighted by molar-refractivity contribution is -0.121. The van der Waals surface area contributed by atoms with Crippen LogP contribution < -0.4 is 15.8 Å². The summed E-state index contributed by atoms with van der Waals surface area (Å²) < 4.78 is 11.5. The molecule has 1 N–H and O–H groups in total. The summed E-state index contributed by atoms with van der Waals surface area (Å²) in [6.07, 6.45) is 0.683. The molecule has 0 radical (unpaired) electrons. The number of carbonyl (C=O) groups excluding carboxylic acids is 1. The lowest BCUT2D eigenvalue weighted by atomic mass is 10.1. The predicted molar refractivity (Wildman–Crippen MR) is 95.2 cm³/mol. The number of fused-ring (bicyclic) bond motifs is 1. The van der Waals surface area contributed by atoms with Crippen molar-refractivity contribution in [3.05, 3.63) is 63.6 Å². The van der Waals surface area contributed by atoms with Crippen molar-refractivity contribution in [2.75, 3.05) is 13.7 Å². The van der Waals surface area contributed by atoms with Crippen LogP contribution in [-0.2, 0) is 17.8 Å². The number of hydrogen-bond donors (Lipinski definition) is 1. The second-order valence-corrected chi connectivity index (χ2v) is 5.95. The third kappa shape index (κ3) is 4.03. The molecule has 2 aromatic carbocycles. The molecular weight excluding hydrogens is 344 g/mol. The minimum atomic E-state index is -0.581. The average Bonchev–Trinajstić information content (AvgIpc) is 2.91. The Morgan fingerprint density at radius 2 is 2.00 bits per heavy atom. The Balaban J connectivity index is 1.60. The van der Waals surface area contributed by atoms with Crippen LogP contribution in [0.5, 0.6) is 5.75 Å². The summed E-state index contributed by atoms with van der Waals surface area (Å²) in [5.74, 6) is -0.0569. The summed E-state index contributed by atoms with van der Waals surface area (Å²) in [5, 5.41) is 3.27.